The Morgan fingerprint density at radius 1 is 1.50 bits per heavy atom. The normalized spacial score (nSPS) is 10.7. The lowest BCUT2D eigenvalue weighted by Gasteiger charge is -2.16. The Hall–Kier alpha value is -1.59. The van der Waals surface area contributed by atoms with Gasteiger partial charge in [0.25, 0.3) is 0 Å². The number of ether oxygens (including phenoxy) is 1. The molecule has 5 nitrogen and oxygen atoms in total. The van der Waals surface area contributed by atoms with Gasteiger partial charge >= 0.3 is 0 Å². The molecule has 18 heavy (non-hydrogen) atoms. The molecule has 100 valence electrons. The maximum atomic E-state index is 11.8. The highest BCUT2D eigenvalue weighted by molar-refractivity contribution is 5.93. The molecule has 1 amide bonds. The van der Waals surface area contributed by atoms with Gasteiger partial charge in [0.05, 0.1) is 13.2 Å². The second kappa shape index (κ2) is 6.98. The lowest BCUT2D eigenvalue weighted by atomic mass is 10.1. The molecule has 0 heterocycles. The molecule has 0 aromatic heterocycles. The van der Waals surface area contributed by atoms with Crippen LogP contribution in [0.3, 0.4) is 0 Å². The van der Waals surface area contributed by atoms with Gasteiger partial charge in [0, 0.05) is 25.0 Å². The fraction of sp³-hybridized carbons (Fsp3) is 0.462. The van der Waals surface area contributed by atoms with Gasteiger partial charge in [-0.15, -0.1) is 0 Å². The molecule has 0 aliphatic heterocycles. The summed E-state index contributed by atoms with van der Waals surface area (Å²) < 4.78 is 4.96. The maximum absolute atomic E-state index is 11.8. The number of nitrogen functional groups attached to an aromatic ring is 1. The number of likely N-dealkylation sites (N-methyl/N-ethyl adjacent to an activating group) is 1. The highest BCUT2D eigenvalue weighted by Crippen LogP contribution is 2.20. The number of nitrogens with two attached hydrogens (primary N) is 1. The van der Waals surface area contributed by atoms with Gasteiger partial charge in [-0.25, -0.2) is 0 Å². The zero-order valence-electron chi connectivity index (χ0n) is 11.2. The van der Waals surface area contributed by atoms with Crippen molar-refractivity contribution in [2.75, 3.05) is 44.9 Å². The van der Waals surface area contributed by atoms with Crippen LogP contribution in [0.15, 0.2) is 18.2 Å². The molecule has 0 fully saturated rings. The molecule has 0 radical (unpaired) electrons. The van der Waals surface area contributed by atoms with Gasteiger partial charge in [-0.3, -0.25) is 9.69 Å². The fourth-order valence-electron chi connectivity index (χ4n) is 1.55. The van der Waals surface area contributed by atoms with Gasteiger partial charge in [0.1, 0.15) is 0 Å². The largest absolute Gasteiger partial charge is 0.398 e. The summed E-state index contributed by atoms with van der Waals surface area (Å²) in [6, 6.07) is 5.49. The first-order valence-corrected chi connectivity index (χ1v) is 5.87. The van der Waals surface area contributed by atoms with Crippen LogP contribution < -0.4 is 11.1 Å². The third kappa shape index (κ3) is 4.35. The summed E-state index contributed by atoms with van der Waals surface area (Å²) in [5, 5.41) is 2.86. The molecule has 0 spiro atoms. The van der Waals surface area contributed by atoms with E-state index in [9.17, 15) is 4.79 Å². The molecule has 1 rings (SSSR count). The lowest BCUT2D eigenvalue weighted by molar-refractivity contribution is -0.117. The van der Waals surface area contributed by atoms with Gasteiger partial charge < -0.3 is 15.8 Å². The fourth-order valence-corrected chi connectivity index (χ4v) is 1.55. The molecule has 0 unspecified atom stereocenters. The van der Waals surface area contributed by atoms with E-state index in [0.717, 1.165) is 17.8 Å². The molecule has 0 atom stereocenters. The van der Waals surface area contributed by atoms with Crippen molar-refractivity contribution in [3.05, 3.63) is 23.8 Å². The minimum absolute atomic E-state index is 0.0534. The van der Waals surface area contributed by atoms with Crippen molar-refractivity contribution in [2.24, 2.45) is 0 Å². The van der Waals surface area contributed by atoms with Gasteiger partial charge in [-0.2, -0.15) is 0 Å². The number of nitrogens with zero attached hydrogens (tertiary/aromatic N) is 1. The monoisotopic (exact) mass is 251 g/mol. The van der Waals surface area contributed by atoms with E-state index in [1.807, 2.05) is 37.1 Å². The SMILES string of the molecule is COCCN(C)CC(=O)Nc1cccc(N)c1C. The number of nitrogens with one attached hydrogen (secondary N) is 1. The number of rotatable bonds is 6. The van der Waals surface area contributed by atoms with E-state index in [-0.39, 0.29) is 5.91 Å². The second-order valence-corrected chi connectivity index (χ2v) is 4.30. The zero-order valence-corrected chi connectivity index (χ0v) is 11.2. The number of carbonyl (C=O) groups is 1. The van der Waals surface area contributed by atoms with Crippen LogP contribution in [0.2, 0.25) is 0 Å². The highest BCUT2D eigenvalue weighted by Gasteiger charge is 2.08. The summed E-state index contributed by atoms with van der Waals surface area (Å²) in [6.07, 6.45) is 0. The molecule has 1 aromatic rings. The Morgan fingerprint density at radius 2 is 2.22 bits per heavy atom. The zero-order chi connectivity index (χ0) is 13.5. The van der Waals surface area contributed by atoms with E-state index in [4.69, 9.17) is 10.5 Å². The summed E-state index contributed by atoms with van der Waals surface area (Å²) in [7, 11) is 3.52. The number of anilines is 2. The molecule has 1 aromatic carbocycles. The van der Waals surface area contributed by atoms with Gasteiger partial charge in [0.2, 0.25) is 5.91 Å². The van der Waals surface area contributed by atoms with E-state index in [1.54, 1.807) is 7.11 Å². The van der Waals surface area contributed by atoms with Crippen molar-refractivity contribution in [1.82, 2.24) is 4.90 Å². The van der Waals surface area contributed by atoms with E-state index in [2.05, 4.69) is 5.32 Å². The second-order valence-electron chi connectivity index (χ2n) is 4.30. The van der Waals surface area contributed by atoms with Gasteiger partial charge in [-0.05, 0) is 31.7 Å². The molecule has 5 heteroatoms. The van der Waals surface area contributed by atoms with Crippen LogP contribution in [0.1, 0.15) is 5.56 Å². The molecule has 0 bridgehead atoms. The molecule has 0 aliphatic rings. The first-order chi connectivity index (χ1) is 8.54. The third-order valence-electron chi connectivity index (χ3n) is 2.74. The van der Waals surface area contributed by atoms with Crippen LogP contribution in [0.5, 0.6) is 0 Å². The smallest absolute Gasteiger partial charge is 0.238 e. The van der Waals surface area contributed by atoms with E-state index < -0.39 is 0 Å². The molecule has 0 aliphatic carbocycles. The van der Waals surface area contributed by atoms with Crippen LogP contribution in [0.25, 0.3) is 0 Å². The molecule has 3 N–H and O–H groups in total. The van der Waals surface area contributed by atoms with Crippen LogP contribution in [-0.2, 0) is 9.53 Å². The lowest BCUT2D eigenvalue weighted by Crippen LogP contribution is -2.32. The summed E-state index contributed by atoms with van der Waals surface area (Å²) >= 11 is 0. The van der Waals surface area contributed by atoms with Gasteiger partial charge in [0.15, 0.2) is 0 Å². The summed E-state index contributed by atoms with van der Waals surface area (Å²) in [4.78, 5) is 13.7. The Morgan fingerprint density at radius 3 is 2.89 bits per heavy atom. The van der Waals surface area contributed by atoms with Crippen molar-refractivity contribution < 1.29 is 9.53 Å². The van der Waals surface area contributed by atoms with E-state index in [0.29, 0.717) is 18.8 Å². The Labute approximate surface area is 108 Å². The summed E-state index contributed by atoms with van der Waals surface area (Å²) in [6.45, 7) is 3.55. The van der Waals surface area contributed by atoms with Crippen molar-refractivity contribution in [1.29, 1.82) is 0 Å². The maximum Gasteiger partial charge on any atom is 0.238 e. The van der Waals surface area contributed by atoms with E-state index in [1.165, 1.54) is 0 Å². The minimum Gasteiger partial charge on any atom is -0.398 e. The Bertz CT molecular complexity index is 407. The number of carbonyl (C=O) groups excluding carboxylic acids is 1. The number of hydrogen-bond donors (Lipinski definition) is 2. The molecule has 0 saturated heterocycles. The standard InChI is InChI=1S/C13H21N3O2/c1-10-11(14)5-4-6-12(10)15-13(17)9-16(2)7-8-18-3/h4-6H,7-9,14H2,1-3H3,(H,15,17). The summed E-state index contributed by atoms with van der Waals surface area (Å²) in [5.41, 5.74) is 8.12. The Kier molecular flexibility index (Phi) is 5.61. The van der Waals surface area contributed by atoms with Crippen molar-refractivity contribution >= 4 is 17.3 Å². The molecular weight excluding hydrogens is 230 g/mol. The quantitative estimate of drug-likeness (QED) is 0.743. The molecular formula is C13H21N3O2. The first-order valence-electron chi connectivity index (χ1n) is 5.87. The highest BCUT2D eigenvalue weighted by atomic mass is 16.5. The van der Waals surface area contributed by atoms with Crippen LogP contribution in [0, 0.1) is 6.92 Å². The summed E-state index contributed by atoms with van der Waals surface area (Å²) in [5.74, 6) is -0.0534. The van der Waals surface area contributed by atoms with Crippen molar-refractivity contribution in [3.63, 3.8) is 0 Å². The van der Waals surface area contributed by atoms with Crippen molar-refractivity contribution in [3.8, 4) is 0 Å². The average molecular weight is 251 g/mol. The predicted octanol–water partition coefficient (Wildman–Crippen LogP) is 1.09. The first kappa shape index (κ1) is 14.5. The number of benzene rings is 1. The minimum atomic E-state index is -0.0534. The van der Waals surface area contributed by atoms with E-state index >= 15 is 0 Å². The molecule has 0 saturated carbocycles. The predicted molar refractivity (Wildman–Crippen MR) is 73.6 cm³/mol. The number of hydrogen-bond acceptors (Lipinski definition) is 4. The number of amides is 1. The average Bonchev–Trinajstić information content (AvgIpc) is 2.32. The van der Waals surface area contributed by atoms with Gasteiger partial charge in [-0.1, -0.05) is 6.07 Å². The topological polar surface area (TPSA) is 67.6 Å². The van der Waals surface area contributed by atoms with Crippen molar-refractivity contribution in [2.45, 2.75) is 6.92 Å². The third-order valence-corrected chi connectivity index (χ3v) is 2.74. The number of methoxy groups -OCH3 is 1. The Balaban J connectivity index is 2.52. The van der Waals surface area contributed by atoms with Crippen LogP contribution >= 0.6 is 0 Å². The van der Waals surface area contributed by atoms with Crippen LogP contribution in [0.4, 0.5) is 11.4 Å². The van der Waals surface area contributed by atoms with Crippen LogP contribution in [-0.4, -0.2) is 44.7 Å².